The largest absolute Gasteiger partial charge is 0.310 e. The fraction of sp³-hybridized carbons (Fsp3) is 0.0909. The maximum Gasteiger partial charge on any atom is 0.206 e. The van der Waals surface area contributed by atoms with E-state index in [1.54, 1.807) is 36.4 Å². The van der Waals surface area contributed by atoms with Gasteiger partial charge < -0.3 is 4.90 Å². The summed E-state index contributed by atoms with van der Waals surface area (Å²) in [5, 5.41) is 0. The van der Waals surface area contributed by atoms with Crippen molar-refractivity contribution < 1.29 is 8.42 Å². The van der Waals surface area contributed by atoms with Gasteiger partial charge in [0.15, 0.2) is 0 Å². The molecule has 0 bridgehead atoms. The summed E-state index contributed by atoms with van der Waals surface area (Å²) in [6.45, 7) is 2.15. The zero-order valence-corrected chi connectivity index (χ0v) is 21.4. The first-order chi connectivity index (χ1) is 18.0. The van der Waals surface area contributed by atoms with Crippen LogP contribution in [0.1, 0.15) is 16.7 Å². The van der Waals surface area contributed by atoms with Crippen LogP contribution >= 0.6 is 0 Å². The van der Waals surface area contributed by atoms with Gasteiger partial charge in [-0.25, -0.2) is 8.42 Å². The van der Waals surface area contributed by atoms with Gasteiger partial charge in [0.25, 0.3) is 0 Å². The van der Waals surface area contributed by atoms with Gasteiger partial charge in [-0.2, -0.15) is 0 Å². The van der Waals surface area contributed by atoms with Crippen molar-refractivity contribution in [3.63, 3.8) is 0 Å². The Balaban J connectivity index is 1.45. The molecule has 0 saturated carbocycles. The molecule has 4 heteroatoms. The van der Waals surface area contributed by atoms with Gasteiger partial charge >= 0.3 is 0 Å². The van der Waals surface area contributed by atoms with Crippen LogP contribution in [-0.4, -0.2) is 8.42 Å². The predicted octanol–water partition coefficient (Wildman–Crippen LogP) is 8.06. The Labute approximate surface area is 218 Å². The minimum Gasteiger partial charge on any atom is -0.310 e. The molecular formula is C33H27NO2S. The Morgan fingerprint density at radius 3 is 1.68 bits per heavy atom. The van der Waals surface area contributed by atoms with Crippen molar-refractivity contribution in [1.29, 1.82) is 0 Å². The summed E-state index contributed by atoms with van der Waals surface area (Å²) in [7, 11) is -3.55. The lowest BCUT2D eigenvalue weighted by Gasteiger charge is -2.29. The molecule has 5 aromatic rings. The molecule has 1 aliphatic rings. The Hall–Kier alpha value is -4.15. The highest BCUT2D eigenvalue weighted by Gasteiger charge is 2.24. The van der Waals surface area contributed by atoms with Crippen LogP contribution in [0.4, 0.5) is 17.1 Å². The summed E-state index contributed by atoms with van der Waals surface area (Å²) in [6.07, 6.45) is 2.00. The molecule has 6 rings (SSSR count). The molecule has 0 amide bonds. The first-order valence-electron chi connectivity index (χ1n) is 12.5. The van der Waals surface area contributed by atoms with Gasteiger partial charge in [0.1, 0.15) is 0 Å². The molecule has 0 aromatic heterocycles. The number of sulfone groups is 1. The minimum atomic E-state index is -3.55. The van der Waals surface area contributed by atoms with Gasteiger partial charge in [0.2, 0.25) is 9.84 Å². The van der Waals surface area contributed by atoms with Crippen molar-refractivity contribution in [1.82, 2.24) is 0 Å². The average molecular weight is 502 g/mol. The van der Waals surface area contributed by atoms with Crippen LogP contribution in [0.3, 0.4) is 0 Å². The number of anilines is 3. The molecule has 0 N–H and O–H groups in total. The molecule has 1 heterocycles. The second kappa shape index (κ2) is 9.38. The van der Waals surface area contributed by atoms with Crippen molar-refractivity contribution in [2.45, 2.75) is 29.6 Å². The van der Waals surface area contributed by atoms with Crippen LogP contribution in [-0.2, 0) is 22.7 Å². The average Bonchev–Trinajstić information content (AvgIpc) is 3.11. The topological polar surface area (TPSA) is 37.4 Å². The highest BCUT2D eigenvalue weighted by molar-refractivity contribution is 7.91. The van der Waals surface area contributed by atoms with E-state index in [0.717, 1.165) is 35.2 Å². The van der Waals surface area contributed by atoms with Gasteiger partial charge in [0.05, 0.1) is 9.79 Å². The lowest BCUT2D eigenvalue weighted by molar-refractivity contribution is 0.596. The summed E-state index contributed by atoms with van der Waals surface area (Å²) in [5.41, 5.74) is 9.42. The molecule has 0 atom stereocenters. The molecule has 1 aliphatic heterocycles. The lowest BCUT2D eigenvalue weighted by Crippen LogP contribution is -2.13. The van der Waals surface area contributed by atoms with E-state index in [0.29, 0.717) is 9.79 Å². The smallest absolute Gasteiger partial charge is 0.206 e. The zero-order chi connectivity index (χ0) is 25.4. The molecule has 0 aliphatic carbocycles. The Morgan fingerprint density at radius 2 is 1.05 bits per heavy atom. The summed E-state index contributed by atoms with van der Waals surface area (Å²) in [6, 6.07) is 39.4. The summed E-state index contributed by atoms with van der Waals surface area (Å²) in [5.74, 6) is 0. The third-order valence-electron chi connectivity index (χ3n) is 7.20. The standard InChI is InChI=1S/C33H27NO2S/c1-24-30(25-20-22-29(23-21-25)37(35,36)28-12-3-2-4-13-28)14-9-17-31(24)34-32-15-7-5-10-26(32)18-19-27-11-6-8-16-33(27)34/h2-17,20-23H,18-19H2,1H3. The Bertz CT molecular complexity index is 1640. The van der Waals surface area contributed by atoms with Crippen molar-refractivity contribution in [2.24, 2.45) is 0 Å². The van der Waals surface area contributed by atoms with E-state index in [1.807, 2.05) is 18.2 Å². The molecule has 37 heavy (non-hydrogen) atoms. The second-order valence-electron chi connectivity index (χ2n) is 9.38. The highest BCUT2D eigenvalue weighted by atomic mass is 32.2. The first-order valence-corrected chi connectivity index (χ1v) is 14.0. The number of fused-ring (bicyclic) bond motifs is 2. The van der Waals surface area contributed by atoms with Crippen molar-refractivity contribution in [3.8, 4) is 11.1 Å². The van der Waals surface area contributed by atoms with Crippen LogP contribution in [0.25, 0.3) is 11.1 Å². The predicted molar refractivity (Wildman–Crippen MR) is 151 cm³/mol. The van der Waals surface area contributed by atoms with E-state index < -0.39 is 9.84 Å². The number of rotatable bonds is 4. The fourth-order valence-corrected chi connectivity index (χ4v) is 6.55. The van der Waals surface area contributed by atoms with Crippen molar-refractivity contribution >= 4 is 26.9 Å². The zero-order valence-electron chi connectivity index (χ0n) is 20.6. The van der Waals surface area contributed by atoms with Crippen LogP contribution in [0, 0.1) is 6.92 Å². The third kappa shape index (κ3) is 4.13. The fourth-order valence-electron chi connectivity index (χ4n) is 5.27. The second-order valence-corrected chi connectivity index (χ2v) is 11.3. The number of aryl methyl sites for hydroxylation is 2. The lowest BCUT2D eigenvalue weighted by atomic mass is 9.98. The third-order valence-corrected chi connectivity index (χ3v) is 8.99. The number of benzene rings is 5. The summed E-state index contributed by atoms with van der Waals surface area (Å²) < 4.78 is 26.1. The number of hydrogen-bond donors (Lipinski definition) is 0. The molecular weight excluding hydrogens is 474 g/mol. The molecule has 3 nitrogen and oxygen atoms in total. The van der Waals surface area contributed by atoms with Gasteiger partial charge in [-0.3, -0.25) is 0 Å². The van der Waals surface area contributed by atoms with Crippen LogP contribution in [0.2, 0.25) is 0 Å². The molecule has 0 radical (unpaired) electrons. The molecule has 0 spiro atoms. The summed E-state index contributed by atoms with van der Waals surface area (Å²) >= 11 is 0. The van der Waals surface area contributed by atoms with E-state index in [9.17, 15) is 8.42 Å². The van der Waals surface area contributed by atoms with Gasteiger partial charge in [-0.1, -0.05) is 78.9 Å². The SMILES string of the molecule is Cc1c(-c2ccc(S(=O)(=O)c3ccccc3)cc2)cccc1N1c2ccccc2CCc2ccccc21. The van der Waals surface area contributed by atoms with E-state index >= 15 is 0 Å². The highest BCUT2D eigenvalue weighted by Crippen LogP contribution is 2.44. The van der Waals surface area contributed by atoms with Gasteiger partial charge in [-0.05, 0) is 90.0 Å². The molecule has 182 valence electrons. The molecule has 0 unspecified atom stereocenters. The van der Waals surface area contributed by atoms with Crippen LogP contribution in [0.5, 0.6) is 0 Å². The maximum atomic E-state index is 13.1. The first kappa shape index (κ1) is 23.3. The maximum absolute atomic E-state index is 13.1. The molecule has 5 aromatic carbocycles. The normalized spacial score (nSPS) is 12.9. The van der Waals surface area contributed by atoms with E-state index in [1.165, 1.54) is 22.5 Å². The van der Waals surface area contributed by atoms with E-state index in [4.69, 9.17) is 0 Å². The van der Waals surface area contributed by atoms with E-state index in [-0.39, 0.29) is 0 Å². The molecule has 0 fully saturated rings. The minimum absolute atomic E-state index is 0.298. The molecule has 0 saturated heterocycles. The monoisotopic (exact) mass is 501 g/mol. The van der Waals surface area contributed by atoms with E-state index in [2.05, 4.69) is 78.6 Å². The van der Waals surface area contributed by atoms with Crippen molar-refractivity contribution in [2.75, 3.05) is 4.90 Å². The number of para-hydroxylation sites is 2. The van der Waals surface area contributed by atoms with Gasteiger partial charge in [-0.15, -0.1) is 0 Å². The van der Waals surface area contributed by atoms with Crippen molar-refractivity contribution in [3.05, 3.63) is 138 Å². The number of hydrogen-bond acceptors (Lipinski definition) is 3. The summed E-state index contributed by atoms with van der Waals surface area (Å²) in [4.78, 5) is 2.98. The van der Waals surface area contributed by atoms with Crippen LogP contribution in [0.15, 0.2) is 131 Å². The van der Waals surface area contributed by atoms with Gasteiger partial charge in [0, 0.05) is 17.1 Å². The quantitative estimate of drug-likeness (QED) is 0.250. The van der Waals surface area contributed by atoms with Crippen LogP contribution < -0.4 is 4.90 Å². The number of nitrogens with zero attached hydrogens (tertiary/aromatic N) is 1. The Kier molecular flexibility index (Phi) is 5.90. The Morgan fingerprint density at radius 1 is 0.541 bits per heavy atom.